The van der Waals surface area contributed by atoms with Crippen LogP contribution in [0, 0.1) is 5.92 Å². The summed E-state index contributed by atoms with van der Waals surface area (Å²) in [5, 5.41) is 0. The maximum Gasteiger partial charge on any atom is 0.289 e. The molecule has 0 unspecified atom stereocenters. The molecule has 8 nitrogen and oxygen atoms in total. The Bertz CT molecular complexity index is 1060. The van der Waals surface area contributed by atoms with E-state index in [2.05, 4.69) is 4.98 Å². The van der Waals surface area contributed by atoms with Crippen LogP contribution >= 0.6 is 0 Å². The number of rotatable bonds is 2. The summed E-state index contributed by atoms with van der Waals surface area (Å²) in [6.45, 7) is 2.11. The van der Waals surface area contributed by atoms with Crippen molar-refractivity contribution in [2.24, 2.45) is 13.0 Å². The van der Waals surface area contributed by atoms with Gasteiger partial charge in [0.2, 0.25) is 5.91 Å². The number of carbonyl (C=O) groups is 2. The molecule has 2 aromatic rings. The van der Waals surface area contributed by atoms with Crippen LogP contribution in [0.2, 0.25) is 0 Å². The molecule has 0 spiro atoms. The molecule has 0 aromatic carbocycles. The van der Waals surface area contributed by atoms with E-state index >= 15 is 0 Å². The number of likely N-dealkylation sites (tertiary alicyclic amines) is 1. The zero-order chi connectivity index (χ0) is 20.1. The van der Waals surface area contributed by atoms with Crippen LogP contribution in [-0.4, -0.2) is 61.9 Å². The van der Waals surface area contributed by atoms with Crippen LogP contribution in [0.5, 0.6) is 0 Å². The summed E-state index contributed by atoms with van der Waals surface area (Å²) < 4.78 is 3.39. The van der Waals surface area contributed by atoms with Crippen molar-refractivity contribution >= 4 is 11.8 Å². The van der Waals surface area contributed by atoms with Crippen molar-refractivity contribution in [2.75, 3.05) is 26.2 Å². The fourth-order valence-electron chi connectivity index (χ4n) is 4.98. The molecule has 2 aromatic heterocycles. The van der Waals surface area contributed by atoms with E-state index in [1.54, 1.807) is 44.4 Å². The number of fused-ring (bicyclic) bond motifs is 4. The lowest BCUT2D eigenvalue weighted by molar-refractivity contribution is -0.136. The zero-order valence-electron chi connectivity index (χ0n) is 16.3. The van der Waals surface area contributed by atoms with E-state index in [0.29, 0.717) is 32.0 Å². The van der Waals surface area contributed by atoms with Gasteiger partial charge >= 0.3 is 0 Å². The van der Waals surface area contributed by atoms with E-state index in [4.69, 9.17) is 0 Å². The molecule has 0 saturated carbocycles. The lowest BCUT2D eigenvalue weighted by Gasteiger charge is -2.46. The second-order valence-corrected chi connectivity index (χ2v) is 8.08. The number of imidazole rings is 1. The first-order chi connectivity index (χ1) is 14.0. The first-order valence-electron chi connectivity index (χ1n) is 9.96. The van der Waals surface area contributed by atoms with Crippen LogP contribution in [0.3, 0.4) is 0 Å². The van der Waals surface area contributed by atoms with E-state index in [9.17, 15) is 14.4 Å². The average molecular weight is 393 g/mol. The van der Waals surface area contributed by atoms with Gasteiger partial charge in [-0.2, -0.15) is 0 Å². The second kappa shape index (κ2) is 6.72. The predicted molar refractivity (Wildman–Crippen MR) is 105 cm³/mol. The van der Waals surface area contributed by atoms with Crippen molar-refractivity contribution < 1.29 is 9.59 Å². The number of pyridine rings is 1. The van der Waals surface area contributed by atoms with Gasteiger partial charge in [0.15, 0.2) is 5.82 Å². The van der Waals surface area contributed by atoms with E-state index < -0.39 is 6.04 Å². The number of aryl methyl sites for hydroxylation is 1. The molecule has 5 heterocycles. The molecule has 150 valence electrons. The first kappa shape index (κ1) is 17.9. The van der Waals surface area contributed by atoms with E-state index in [1.165, 1.54) is 6.07 Å². The minimum atomic E-state index is -0.577. The van der Waals surface area contributed by atoms with Crippen molar-refractivity contribution in [3.63, 3.8) is 0 Å². The Kier molecular flexibility index (Phi) is 4.15. The minimum absolute atomic E-state index is 0.0348. The van der Waals surface area contributed by atoms with Gasteiger partial charge in [-0.1, -0.05) is 18.2 Å². The number of nitrogens with zero attached hydrogens (tertiary/aromatic N) is 5. The molecule has 8 heteroatoms. The molecule has 5 rings (SSSR count). The average Bonchev–Trinajstić information content (AvgIpc) is 3.40. The summed E-state index contributed by atoms with van der Waals surface area (Å²) in [6.07, 6.45) is 8.09. The first-order valence-corrected chi connectivity index (χ1v) is 9.96. The van der Waals surface area contributed by atoms with Gasteiger partial charge in [-0.25, -0.2) is 4.98 Å². The summed E-state index contributed by atoms with van der Waals surface area (Å²) in [4.78, 5) is 47.0. The summed E-state index contributed by atoms with van der Waals surface area (Å²) >= 11 is 0. The molecule has 3 aliphatic rings. The third-order valence-corrected chi connectivity index (χ3v) is 6.33. The number of carbonyl (C=O) groups excluding carboxylic acids is 2. The Morgan fingerprint density at radius 1 is 1.10 bits per heavy atom. The van der Waals surface area contributed by atoms with Crippen molar-refractivity contribution in [1.82, 2.24) is 23.9 Å². The number of hydrogen-bond acceptors (Lipinski definition) is 4. The Hall–Kier alpha value is -3.16. The summed E-state index contributed by atoms with van der Waals surface area (Å²) in [5.74, 6) is 0.153. The number of aromatic nitrogens is 3. The molecule has 0 radical (unpaired) electrons. The Balaban J connectivity index is 1.54. The van der Waals surface area contributed by atoms with Crippen LogP contribution in [0.1, 0.15) is 34.7 Å². The van der Waals surface area contributed by atoms with Gasteiger partial charge in [-0.3, -0.25) is 19.0 Å². The molecule has 3 aliphatic heterocycles. The standard InChI is InChI=1S/C21H23N5O3/c1-23-10-7-22-19(23)21(29)25-12-14-11-15(13-25)18(20(28)24-8-2-3-9-24)26-16(14)5-4-6-17(26)27/h2-7,10,14-15,18H,8-9,11-13H2,1H3/t14-,15+,18+/m0/s1. The Morgan fingerprint density at radius 3 is 2.62 bits per heavy atom. The highest BCUT2D eigenvalue weighted by atomic mass is 16.2. The van der Waals surface area contributed by atoms with Crippen LogP contribution in [0.4, 0.5) is 0 Å². The summed E-state index contributed by atoms with van der Waals surface area (Å²) in [6, 6.07) is 4.60. The molecule has 3 atom stereocenters. The van der Waals surface area contributed by atoms with Crippen LogP contribution in [-0.2, 0) is 11.8 Å². The highest BCUT2D eigenvalue weighted by Crippen LogP contribution is 2.42. The van der Waals surface area contributed by atoms with Gasteiger partial charge in [0.05, 0.1) is 0 Å². The third kappa shape index (κ3) is 2.82. The highest BCUT2D eigenvalue weighted by molar-refractivity contribution is 5.91. The number of amides is 2. The normalized spacial score (nSPS) is 25.2. The second-order valence-electron chi connectivity index (χ2n) is 8.08. The zero-order valence-corrected chi connectivity index (χ0v) is 16.3. The van der Waals surface area contributed by atoms with E-state index in [1.807, 2.05) is 18.2 Å². The van der Waals surface area contributed by atoms with Crippen molar-refractivity contribution in [3.8, 4) is 0 Å². The quantitative estimate of drug-likeness (QED) is 0.707. The van der Waals surface area contributed by atoms with E-state index in [-0.39, 0.29) is 29.2 Å². The molecule has 29 heavy (non-hydrogen) atoms. The van der Waals surface area contributed by atoms with Gasteiger partial charge in [0.25, 0.3) is 11.5 Å². The number of piperidine rings is 1. The van der Waals surface area contributed by atoms with Crippen molar-refractivity contribution in [2.45, 2.75) is 18.4 Å². The molecular weight excluding hydrogens is 370 g/mol. The molecule has 0 aliphatic carbocycles. The maximum atomic E-state index is 13.4. The molecular formula is C21H23N5O3. The van der Waals surface area contributed by atoms with Crippen molar-refractivity contribution in [1.29, 1.82) is 0 Å². The third-order valence-electron chi connectivity index (χ3n) is 6.33. The SMILES string of the molecule is Cn1ccnc1C(=O)N1C[C@@H]2C[C@H](C1)[C@H](C(=O)N1CC=CC1)n1c2cccc1=O. The number of hydrogen-bond donors (Lipinski definition) is 0. The lowest BCUT2D eigenvalue weighted by Crippen LogP contribution is -2.55. The topological polar surface area (TPSA) is 80.4 Å². The molecule has 2 amide bonds. The maximum absolute atomic E-state index is 13.4. The largest absolute Gasteiger partial charge is 0.335 e. The summed E-state index contributed by atoms with van der Waals surface area (Å²) in [5.41, 5.74) is 0.697. The van der Waals surface area contributed by atoms with Gasteiger partial charge in [-0.05, 0) is 12.5 Å². The molecule has 2 bridgehead atoms. The molecule has 1 fully saturated rings. The highest BCUT2D eigenvalue weighted by Gasteiger charge is 2.46. The van der Waals surface area contributed by atoms with Gasteiger partial charge in [-0.15, -0.1) is 0 Å². The van der Waals surface area contributed by atoms with Crippen molar-refractivity contribution in [3.05, 3.63) is 64.6 Å². The minimum Gasteiger partial charge on any atom is -0.335 e. The van der Waals surface area contributed by atoms with Gasteiger partial charge in [0.1, 0.15) is 6.04 Å². The van der Waals surface area contributed by atoms with Crippen LogP contribution < -0.4 is 5.56 Å². The Morgan fingerprint density at radius 2 is 1.90 bits per heavy atom. The lowest BCUT2D eigenvalue weighted by atomic mass is 9.78. The molecule has 1 saturated heterocycles. The van der Waals surface area contributed by atoms with E-state index in [0.717, 1.165) is 12.1 Å². The van der Waals surface area contributed by atoms with Gasteiger partial charge in [0, 0.05) is 69.2 Å². The summed E-state index contributed by atoms with van der Waals surface area (Å²) in [7, 11) is 1.80. The fourth-order valence-corrected chi connectivity index (χ4v) is 4.98. The molecule has 0 N–H and O–H groups in total. The fraction of sp³-hybridized carbons (Fsp3) is 0.429. The smallest absolute Gasteiger partial charge is 0.289 e. The van der Waals surface area contributed by atoms with Crippen LogP contribution in [0.25, 0.3) is 0 Å². The monoisotopic (exact) mass is 393 g/mol. The van der Waals surface area contributed by atoms with Crippen LogP contribution in [0.15, 0.2) is 47.5 Å². The predicted octanol–water partition coefficient (Wildman–Crippen LogP) is 0.781. The Labute approximate surface area is 168 Å². The van der Waals surface area contributed by atoms with Gasteiger partial charge < -0.3 is 14.4 Å².